The molecule has 0 saturated carbocycles. The molecule has 1 N–H and O–H groups in total. The molecule has 0 aliphatic carbocycles. The number of thioether (sulfide) groups is 1. The average Bonchev–Trinajstić information content (AvgIpc) is 2.86. The molecule has 2 saturated heterocycles. The van der Waals surface area contributed by atoms with Crippen LogP contribution in [0.5, 0.6) is 0 Å². The summed E-state index contributed by atoms with van der Waals surface area (Å²) >= 11 is 2.04. The summed E-state index contributed by atoms with van der Waals surface area (Å²) in [4.78, 5) is 0. The highest BCUT2D eigenvalue weighted by atomic mass is 32.2. The number of nitrogens with one attached hydrogen (secondary N) is 1. The molecular formula is C18H27NOS. The zero-order valence-corrected chi connectivity index (χ0v) is 14.3. The Morgan fingerprint density at radius 3 is 2.81 bits per heavy atom. The van der Waals surface area contributed by atoms with Crippen LogP contribution in [0, 0.1) is 0 Å². The topological polar surface area (TPSA) is 21.3 Å². The van der Waals surface area contributed by atoms with Gasteiger partial charge >= 0.3 is 0 Å². The first-order valence-electron chi connectivity index (χ1n) is 8.06. The summed E-state index contributed by atoms with van der Waals surface area (Å²) in [5, 5.41) is 3.82. The van der Waals surface area contributed by atoms with Gasteiger partial charge in [0.2, 0.25) is 0 Å². The van der Waals surface area contributed by atoms with Crippen LogP contribution in [0.3, 0.4) is 0 Å². The Labute approximate surface area is 133 Å². The van der Waals surface area contributed by atoms with Gasteiger partial charge in [-0.15, -0.1) is 0 Å². The number of hydrogen-bond donors (Lipinski definition) is 1. The number of ether oxygens (including phenoxy) is 1. The molecule has 2 unspecified atom stereocenters. The summed E-state index contributed by atoms with van der Waals surface area (Å²) in [5.41, 5.74) is 3.04. The lowest BCUT2D eigenvalue weighted by molar-refractivity contribution is -0.0628. The third-order valence-corrected chi connectivity index (χ3v) is 5.88. The first kappa shape index (κ1) is 15.2. The molecule has 2 heterocycles. The molecule has 0 amide bonds. The van der Waals surface area contributed by atoms with E-state index < -0.39 is 0 Å². The molecule has 1 spiro atoms. The number of benzene rings is 1. The van der Waals surface area contributed by atoms with Crippen molar-refractivity contribution in [1.29, 1.82) is 0 Å². The van der Waals surface area contributed by atoms with Crippen LogP contribution in [-0.4, -0.2) is 29.8 Å². The predicted octanol–water partition coefficient (Wildman–Crippen LogP) is 4.45. The Kier molecular flexibility index (Phi) is 4.24. The summed E-state index contributed by atoms with van der Waals surface area (Å²) in [6.45, 7) is 7.75. The van der Waals surface area contributed by atoms with Gasteiger partial charge in [-0.1, -0.05) is 39.0 Å². The lowest BCUT2D eigenvalue weighted by atomic mass is 9.85. The number of para-hydroxylation sites is 1. The maximum absolute atomic E-state index is 6.13. The van der Waals surface area contributed by atoms with Crippen molar-refractivity contribution in [3.8, 4) is 0 Å². The zero-order chi connectivity index (χ0) is 14.9. The Morgan fingerprint density at radius 2 is 2.10 bits per heavy atom. The third kappa shape index (κ3) is 3.40. The van der Waals surface area contributed by atoms with Crippen molar-refractivity contribution in [2.45, 2.75) is 57.1 Å². The molecule has 2 aliphatic rings. The van der Waals surface area contributed by atoms with Crippen molar-refractivity contribution in [1.82, 2.24) is 0 Å². The number of hydrogen-bond acceptors (Lipinski definition) is 3. The quantitative estimate of drug-likeness (QED) is 0.872. The molecule has 3 heteroatoms. The number of rotatable bonds is 2. The molecule has 2 atom stereocenters. The smallest absolute Gasteiger partial charge is 0.0799 e. The van der Waals surface area contributed by atoms with E-state index in [1.54, 1.807) is 0 Å². The monoisotopic (exact) mass is 305 g/mol. The van der Waals surface area contributed by atoms with Crippen molar-refractivity contribution in [3.63, 3.8) is 0 Å². The molecule has 1 aromatic rings. The van der Waals surface area contributed by atoms with Gasteiger partial charge in [0, 0.05) is 24.1 Å². The summed E-state index contributed by atoms with van der Waals surface area (Å²) < 4.78 is 6.13. The summed E-state index contributed by atoms with van der Waals surface area (Å²) in [6.07, 6.45) is 3.49. The van der Waals surface area contributed by atoms with Crippen LogP contribution >= 0.6 is 11.8 Å². The molecule has 0 bridgehead atoms. The van der Waals surface area contributed by atoms with Crippen LogP contribution in [0.4, 0.5) is 5.69 Å². The van der Waals surface area contributed by atoms with Crippen LogP contribution < -0.4 is 5.32 Å². The van der Waals surface area contributed by atoms with Gasteiger partial charge in [-0.25, -0.2) is 0 Å². The molecule has 0 radical (unpaired) electrons. The fourth-order valence-electron chi connectivity index (χ4n) is 3.50. The van der Waals surface area contributed by atoms with Crippen LogP contribution in [0.25, 0.3) is 0 Å². The highest BCUT2D eigenvalue weighted by molar-refractivity contribution is 7.99. The fraction of sp³-hybridized carbons (Fsp3) is 0.667. The normalized spacial score (nSPS) is 29.8. The molecule has 2 fully saturated rings. The minimum atomic E-state index is 0.150. The molecule has 21 heavy (non-hydrogen) atoms. The third-order valence-electron chi connectivity index (χ3n) is 4.65. The van der Waals surface area contributed by atoms with Gasteiger partial charge in [0.25, 0.3) is 0 Å². The highest BCUT2D eigenvalue weighted by Gasteiger charge is 2.40. The van der Waals surface area contributed by atoms with E-state index in [4.69, 9.17) is 4.74 Å². The van der Waals surface area contributed by atoms with Crippen LogP contribution in [-0.2, 0) is 10.2 Å². The summed E-state index contributed by atoms with van der Waals surface area (Å²) in [6, 6.07) is 9.30. The fourth-order valence-corrected chi connectivity index (χ4v) is 4.88. The van der Waals surface area contributed by atoms with Gasteiger partial charge < -0.3 is 10.1 Å². The molecular weight excluding hydrogens is 278 g/mol. The second-order valence-corrected chi connectivity index (χ2v) is 8.57. The minimum absolute atomic E-state index is 0.150. The first-order chi connectivity index (χ1) is 9.99. The van der Waals surface area contributed by atoms with E-state index in [0.29, 0.717) is 6.04 Å². The van der Waals surface area contributed by atoms with Crippen molar-refractivity contribution in [2.75, 3.05) is 23.4 Å². The van der Waals surface area contributed by atoms with Gasteiger partial charge in [0.1, 0.15) is 0 Å². The van der Waals surface area contributed by atoms with Crippen molar-refractivity contribution < 1.29 is 4.74 Å². The molecule has 1 aromatic carbocycles. The van der Waals surface area contributed by atoms with Gasteiger partial charge in [-0.05, 0) is 42.1 Å². The SMILES string of the molecule is CC(C)(C)c1ccccc1NC1CCOC2(CCSC2)C1. The molecule has 3 rings (SSSR count). The van der Waals surface area contributed by atoms with Crippen LogP contribution in [0.1, 0.15) is 45.6 Å². The summed E-state index contributed by atoms with van der Waals surface area (Å²) in [5.74, 6) is 2.43. The van der Waals surface area contributed by atoms with Gasteiger partial charge in [0.05, 0.1) is 5.60 Å². The van der Waals surface area contributed by atoms with Gasteiger partial charge in [-0.2, -0.15) is 11.8 Å². The minimum Gasteiger partial charge on any atom is -0.382 e. The van der Waals surface area contributed by atoms with Crippen molar-refractivity contribution >= 4 is 17.4 Å². The maximum Gasteiger partial charge on any atom is 0.0799 e. The average molecular weight is 305 g/mol. The first-order valence-corrected chi connectivity index (χ1v) is 9.22. The van der Waals surface area contributed by atoms with E-state index in [0.717, 1.165) is 19.4 Å². The van der Waals surface area contributed by atoms with Gasteiger partial charge in [0.15, 0.2) is 0 Å². The van der Waals surface area contributed by atoms with Crippen LogP contribution in [0.2, 0.25) is 0 Å². The predicted molar refractivity (Wildman–Crippen MR) is 92.4 cm³/mol. The van der Waals surface area contributed by atoms with E-state index in [1.807, 2.05) is 11.8 Å². The second kappa shape index (κ2) is 5.85. The van der Waals surface area contributed by atoms with E-state index in [9.17, 15) is 0 Å². The number of anilines is 1. The Morgan fingerprint density at radius 1 is 1.29 bits per heavy atom. The lowest BCUT2D eigenvalue weighted by Gasteiger charge is -2.39. The lowest BCUT2D eigenvalue weighted by Crippen LogP contribution is -2.44. The largest absolute Gasteiger partial charge is 0.382 e. The van der Waals surface area contributed by atoms with E-state index in [2.05, 4.69) is 50.4 Å². The van der Waals surface area contributed by atoms with E-state index >= 15 is 0 Å². The molecule has 2 nitrogen and oxygen atoms in total. The standard InChI is InChI=1S/C18H27NOS/c1-17(2,3)15-6-4-5-7-16(15)19-14-8-10-20-18(12-14)9-11-21-13-18/h4-7,14,19H,8-13H2,1-3H3. The van der Waals surface area contributed by atoms with E-state index in [-0.39, 0.29) is 11.0 Å². The van der Waals surface area contributed by atoms with Gasteiger partial charge in [-0.3, -0.25) is 0 Å². The van der Waals surface area contributed by atoms with Crippen LogP contribution in [0.15, 0.2) is 24.3 Å². The molecule has 0 aromatic heterocycles. The Hall–Kier alpha value is -0.670. The Bertz CT molecular complexity index is 488. The Balaban J connectivity index is 1.75. The van der Waals surface area contributed by atoms with E-state index in [1.165, 1.54) is 29.2 Å². The van der Waals surface area contributed by atoms with Crippen molar-refractivity contribution in [2.24, 2.45) is 0 Å². The van der Waals surface area contributed by atoms with Crippen molar-refractivity contribution in [3.05, 3.63) is 29.8 Å². The molecule has 2 aliphatic heterocycles. The zero-order valence-electron chi connectivity index (χ0n) is 13.4. The molecule has 116 valence electrons. The maximum atomic E-state index is 6.13. The highest BCUT2D eigenvalue weighted by Crippen LogP contribution is 2.39. The summed E-state index contributed by atoms with van der Waals surface area (Å²) in [7, 11) is 0. The second-order valence-electron chi connectivity index (χ2n) is 7.46.